The van der Waals surface area contributed by atoms with Gasteiger partial charge in [-0.3, -0.25) is 0 Å². The molecule has 0 aliphatic carbocycles. The Balaban J connectivity index is 0.00000147. The third-order valence-electron chi connectivity index (χ3n) is 4.50. The van der Waals surface area contributed by atoms with Crippen LogP contribution in [0.4, 0.5) is 0 Å². The Kier molecular flexibility index (Phi) is 5.71. The SMILES string of the molecule is Cl.O=S(=O)(CC1CCCCO1)NC1CC2CCC(C1)N2. The van der Waals surface area contributed by atoms with E-state index in [1.54, 1.807) is 0 Å². The number of halogens is 1. The van der Waals surface area contributed by atoms with Gasteiger partial charge < -0.3 is 10.1 Å². The lowest BCUT2D eigenvalue weighted by molar-refractivity contribution is 0.0303. The molecule has 0 amide bonds. The summed E-state index contributed by atoms with van der Waals surface area (Å²) in [4.78, 5) is 0. The minimum atomic E-state index is -3.20. The maximum Gasteiger partial charge on any atom is 0.214 e. The summed E-state index contributed by atoms with van der Waals surface area (Å²) in [6, 6.07) is 1.14. The molecule has 7 heteroatoms. The second kappa shape index (κ2) is 6.92. The molecule has 2 N–H and O–H groups in total. The van der Waals surface area contributed by atoms with Crippen molar-refractivity contribution in [3.63, 3.8) is 0 Å². The predicted molar refractivity (Wildman–Crippen MR) is 80.7 cm³/mol. The largest absolute Gasteiger partial charge is 0.377 e. The van der Waals surface area contributed by atoms with E-state index in [1.807, 2.05) is 0 Å². The van der Waals surface area contributed by atoms with Gasteiger partial charge in [-0.25, -0.2) is 13.1 Å². The zero-order valence-electron chi connectivity index (χ0n) is 11.7. The van der Waals surface area contributed by atoms with Crippen LogP contribution in [0.15, 0.2) is 0 Å². The van der Waals surface area contributed by atoms with Crippen molar-refractivity contribution in [2.45, 2.75) is 69.2 Å². The van der Waals surface area contributed by atoms with Crippen molar-refractivity contribution in [2.75, 3.05) is 12.4 Å². The number of fused-ring (bicyclic) bond motifs is 2. The van der Waals surface area contributed by atoms with Crippen molar-refractivity contribution in [2.24, 2.45) is 0 Å². The Labute approximate surface area is 127 Å². The summed E-state index contributed by atoms with van der Waals surface area (Å²) in [6.45, 7) is 0.706. The molecule has 3 rings (SSSR count). The van der Waals surface area contributed by atoms with Crippen LogP contribution in [0.2, 0.25) is 0 Å². The predicted octanol–water partition coefficient (Wildman–Crippen LogP) is 1.18. The van der Waals surface area contributed by atoms with Crippen LogP contribution < -0.4 is 10.0 Å². The van der Waals surface area contributed by atoms with Crippen LogP contribution >= 0.6 is 12.4 Å². The molecule has 0 aromatic heterocycles. The van der Waals surface area contributed by atoms with Crippen molar-refractivity contribution in [1.29, 1.82) is 0 Å². The molecule has 2 bridgehead atoms. The maximum absolute atomic E-state index is 12.2. The molecule has 0 radical (unpaired) electrons. The van der Waals surface area contributed by atoms with Gasteiger partial charge in [-0.2, -0.15) is 0 Å². The lowest BCUT2D eigenvalue weighted by Gasteiger charge is -2.30. The lowest BCUT2D eigenvalue weighted by atomic mass is 10.0. The molecule has 3 atom stereocenters. The van der Waals surface area contributed by atoms with Crippen LogP contribution in [-0.4, -0.2) is 45.0 Å². The molecule has 118 valence electrons. The molecule has 3 aliphatic heterocycles. The first-order chi connectivity index (χ1) is 9.11. The summed E-state index contributed by atoms with van der Waals surface area (Å²) >= 11 is 0. The van der Waals surface area contributed by atoms with E-state index in [0.717, 1.165) is 32.1 Å². The molecule has 0 saturated carbocycles. The zero-order chi connectivity index (χ0) is 13.3. The first kappa shape index (κ1) is 16.5. The van der Waals surface area contributed by atoms with Crippen LogP contribution in [0.5, 0.6) is 0 Å². The summed E-state index contributed by atoms with van der Waals surface area (Å²) in [5.41, 5.74) is 0. The third kappa shape index (κ3) is 4.31. The van der Waals surface area contributed by atoms with Gasteiger partial charge in [-0.05, 0) is 44.9 Å². The van der Waals surface area contributed by atoms with Gasteiger partial charge in [0.15, 0.2) is 0 Å². The Bertz CT molecular complexity index is 400. The molecular formula is C13H25ClN2O3S. The highest BCUT2D eigenvalue weighted by Gasteiger charge is 2.35. The molecule has 3 saturated heterocycles. The number of rotatable bonds is 4. The standard InChI is InChI=1S/C13H24N2O3S.ClH/c16-19(17,9-13-3-1-2-6-18-13)15-12-7-10-4-5-11(8-12)14-10;/h10-15H,1-9H2;1H. The fourth-order valence-electron chi connectivity index (χ4n) is 3.64. The zero-order valence-corrected chi connectivity index (χ0v) is 13.3. The highest BCUT2D eigenvalue weighted by Crippen LogP contribution is 2.27. The quantitative estimate of drug-likeness (QED) is 0.815. The fourth-order valence-corrected chi connectivity index (χ4v) is 5.19. The Morgan fingerprint density at radius 1 is 1.10 bits per heavy atom. The molecule has 3 heterocycles. The van der Waals surface area contributed by atoms with E-state index in [4.69, 9.17) is 4.74 Å². The number of nitrogens with one attached hydrogen (secondary N) is 2. The van der Waals surface area contributed by atoms with Crippen LogP contribution in [0, 0.1) is 0 Å². The van der Waals surface area contributed by atoms with Crippen molar-refractivity contribution < 1.29 is 13.2 Å². The van der Waals surface area contributed by atoms with E-state index in [-0.39, 0.29) is 30.3 Å². The molecule has 0 aromatic carbocycles. The van der Waals surface area contributed by atoms with Crippen LogP contribution in [0.3, 0.4) is 0 Å². The van der Waals surface area contributed by atoms with Crippen molar-refractivity contribution in [3.8, 4) is 0 Å². The topological polar surface area (TPSA) is 67.4 Å². The summed E-state index contributed by atoms with van der Waals surface area (Å²) in [7, 11) is -3.20. The molecule has 5 nitrogen and oxygen atoms in total. The van der Waals surface area contributed by atoms with Crippen LogP contribution in [0.1, 0.15) is 44.9 Å². The van der Waals surface area contributed by atoms with E-state index in [1.165, 1.54) is 12.8 Å². The summed E-state index contributed by atoms with van der Waals surface area (Å²) < 4.78 is 32.8. The van der Waals surface area contributed by atoms with Gasteiger partial charge in [0.1, 0.15) is 0 Å². The molecule has 0 spiro atoms. The fraction of sp³-hybridized carbons (Fsp3) is 1.00. The summed E-state index contributed by atoms with van der Waals surface area (Å²) in [6.07, 6.45) is 7.15. The third-order valence-corrected chi connectivity index (χ3v) is 6.00. The number of hydrogen-bond acceptors (Lipinski definition) is 4. The van der Waals surface area contributed by atoms with Gasteiger partial charge in [-0.15, -0.1) is 12.4 Å². The lowest BCUT2D eigenvalue weighted by Crippen LogP contribution is -2.49. The molecule has 3 fully saturated rings. The van der Waals surface area contributed by atoms with Gasteiger partial charge in [0, 0.05) is 24.7 Å². The van der Waals surface area contributed by atoms with E-state index in [9.17, 15) is 8.42 Å². The van der Waals surface area contributed by atoms with E-state index in [2.05, 4.69) is 10.0 Å². The van der Waals surface area contributed by atoms with Gasteiger partial charge >= 0.3 is 0 Å². The average Bonchev–Trinajstić information content (AvgIpc) is 2.69. The molecule has 3 aliphatic rings. The first-order valence-corrected chi connectivity index (χ1v) is 9.13. The Morgan fingerprint density at radius 2 is 1.80 bits per heavy atom. The Morgan fingerprint density at radius 3 is 2.40 bits per heavy atom. The monoisotopic (exact) mass is 324 g/mol. The normalized spacial score (nSPS) is 37.4. The van der Waals surface area contributed by atoms with E-state index < -0.39 is 10.0 Å². The summed E-state index contributed by atoms with van der Waals surface area (Å²) in [5, 5.41) is 3.53. The second-order valence-electron chi connectivity index (χ2n) is 6.19. The van der Waals surface area contributed by atoms with Gasteiger partial charge in [0.25, 0.3) is 0 Å². The number of sulfonamides is 1. The molecule has 3 unspecified atom stereocenters. The second-order valence-corrected chi connectivity index (χ2v) is 7.99. The van der Waals surface area contributed by atoms with E-state index in [0.29, 0.717) is 18.7 Å². The van der Waals surface area contributed by atoms with Crippen LogP contribution in [0.25, 0.3) is 0 Å². The van der Waals surface area contributed by atoms with Crippen LogP contribution in [-0.2, 0) is 14.8 Å². The average molecular weight is 325 g/mol. The van der Waals surface area contributed by atoms with E-state index >= 15 is 0 Å². The summed E-state index contributed by atoms with van der Waals surface area (Å²) in [5.74, 6) is 0.131. The van der Waals surface area contributed by atoms with Gasteiger partial charge in [-0.1, -0.05) is 0 Å². The van der Waals surface area contributed by atoms with Gasteiger partial charge in [0.05, 0.1) is 11.9 Å². The molecule has 0 aromatic rings. The highest BCUT2D eigenvalue weighted by molar-refractivity contribution is 7.89. The van der Waals surface area contributed by atoms with Crippen molar-refractivity contribution >= 4 is 22.4 Å². The molecule has 20 heavy (non-hydrogen) atoms. The molecular weight excluding hydrogens is 300 g/mol. The first-order valence-electron chi connectivity index (χ1n) is 7.48. The van der Waals surface area contributed by atoms with Crippen molar-refractivity contribution in [1.82, 2.24) is 10.0 Å². The Hall–Kier alpha value is 0.120. The van der Waals surface area contributed by atoms with Crippen molar-refractivity contribution in [3.05, 3.63) is 0 Å². The smallest absolute Gasteiger partial charge is 0.214 e. The number of hydrogen-bond donors (Lipinski definition) is 2. The number of ether oxygens (including phenoxy) is 1. The maximum atomic E-state index is 12.2. The minimum absolute atomic E-state index is 0. The number of piperidine rings is 1. The van der Waals surface area contributed by atoms with Gasteiger partial charge in [0.2, 0.25) is 10.0 Å². The highest BCUT2D eigenvalue weighted by atomic mass is 35.5. The minimum Gasteiger partial charge on any atom is -0.377 e.